The molecule has 0 bridgehead atoms. The molecule has 0 amide bonds. The Bertz CT molecular complexity index is 2470. The summed E-state index contributed by atoms with van der Waals surface area (Å²) in [5.74, 6) is -1.06. The van der Waals surface area contributed by atoms with Crippen molar-refractivity contribution in [2.45, 2.75) is 246 Å². The lowest BCUT2D eigenvalue weighted by atomic mass is 9.40. The van der Waals surface area contributed by atoms with Crippen LogP contribution in [0.2, 0.25) is 0 Å². The van der Waals surface area contributed by atoms with Gasteiger partial charge in [0.15, 0.2) is 25.2 Å². The maximum absolute atomic E-state index is 14.5. The number of esters is 1. The monoisotopic (exact) mass is 1200 g/mol. The molecule has 5 saturated heterocycles. The van der Waals surface area contributed by atoms with Gasteiger partial charge in [0, 0.05) is 7.11 Å². The van der Waals surface area contributed by atoms with E-state index < -0.39 is 204 Å². The molecule has 0 aromatic carbocycles. The highest BCUT2D eigenvalue weighted by Crippen LogP contribution is 2.77. The van der Waals surface area contributed by atoms with Crippen LogP contribution in [0.5, 0.6) is 0 Å². The van der Waals surface area contributed by atoms with Gasteiger partial charge in [0.2, 0.25) is 0 Å². The van der Waals surface area contributed by atoms with Gasteiger partial charge < -0.3 is 109 Å². The minimum absolute atomic E-state index is 0.141. The maximum atomic E-state index is 14.5. The Morgan fingerprint density at radius 1 is 0.744 bits per heavy atom. The fraction of sp³-hybridized carbons (Fsp3) is 0.907. The van der Waals surface area contributed by atoms with Gasteiger partial charge in [-0.25, -0.2) is 4.18 Å². The summed E-state index contributed by atoms with van der Waals surface area (Å²) in [6, 6.07) is 0. The molecule has 3 saturated carbocycles. The fourth-order valence-electron chi connectivity index (χ4n) is 16.2. The minimum Gasteiger partial charge on any atom is -0.456 e. The molecule has 4 aliphatic carbocycles. The van der Waals surface area contributed by atoms with Gasteiger partial charge >= 0.3 is 16.4 Å². The number of aliphatic hydroxyl groups is 12. The van der Waals surface area contributed by atoms with Crippen LogP contribution in [0.15, 0.2) is 23.8 Å². The summed E-state index contributed by atoms with van der Waals surface area (Å²) in [5, 5.41) is 135. The van der Waals surface area contributed by atoms with Crippen molar-refractivity contribution in [2.24, 2.45) is 33.5 Å². The van der Waals surface area contributed by atoms with Crippen molar-refractivity contribution in [1.82, 2.24) is 0 Å². The van der Waals surface area contributed by atoms with Crippen molar-refractivity contribution >= 4 is 16.4 Å². The zero-order valence-electron chi connectivity index (χ0n) is 47.4. The van der Waals surface area contributed by atoms with E-state index in [-0.39, 0.29) is 31.1 Å². The van der Waals surface area contributed by atoms with Crippen LogP contribution in [0, 0.1) is 33.5 Å². The van der Waals surface area contributed by atoms with Gasteiger partial charge in [0.1, 0.15) is 102 Å². The van der Waals surface area contributed by atoms with E-state index in [0.29, 0.717) is 37.7 Å². The van der Waals surface area contributed by atoms with E-state index in [2.05, 4.69) is 13.5 Å². The quantitative estimate of drug-likeness (QED) is 0.0310. The molecule has 1 spiro atoms. The average molecular weight is 1200 g/mol. The summed E-state index contributed by atoms with van der Waals surface area (Å²) >= 11 is 0. The van der Waals surface area contributed by atoms with Crippen LogP contribution >= 0.6 is 0 Å². The standard InChI is InChI=1S/C54H86O27S/c1-22(2)26(57)12-15-52(8)53(67)17-16-51(7)24-10-11-30-49(4,5)32(13-14-50(30,6)25(24)18-31(58)54(51,53)48(66)80-52)76-47-43(35(61)29(21-72-47)81-82(68,69)70)79-44-37(63)36(62)40(23(3)73-44)77-46-39(65)42(34(60)28(20-56)75-46)78-45-38(64)41(71-9)33(59)27(19-55)74-45/h18,23-24,26-47,55-65,67H,1,10-17,19-21H2,2-9H3,(H,68,69,70). The van der Waals surface area contributed by atoms with Gasteiger partial charge in [-0.05, 0) is 100 Å². The van der Waals surface area contributed by atoms with Crippen LogP contribution in [0.25, 0.3) is 0 Å². The van der Waals surface area contributed by atoms with Crippen LogP contribution < -0.4 is 0 Å². The molecule has 0 aromatic heterocycles. The van der Waals surface area contributed by atoms with Gasteiger partial charge in [-0.15, -0.1) is 0 Å². The molecule has 0 radical (unpaired) electrons. The predicted molar refractivity (Wildman–Crippen MR) is 275 cm³/mol. The molecule has 29 unspecified atom stereocenters. The number of carbonyl (C=O) groups excluding carboxylic acids is 1. The molecule has 0 aromatic rings. The highest BCUT2D eigenvalue weighted by molar-refractivity contribution is 7.80. The zero-order chi connectivity index (χ0) is 60.4. The number of ether oxygens (including phenoxy) is 10. The van der Waals surface area contributed by atoms with Crippen molar-refractivity contribution in [3.8, 4) is 0 Å². The smallest absolute Gasteiger partial charge is 0.397 e. The lowest BCUT2D eigenvalue weighted by molar-refractivity contribution is -0.389. The molecule has 9 rings (SSSR count). The van der Waals surface area contributed by atoms with E-state index in [1.54, 1.807) is 19.9 Å². The third kappa shape index (κ3) is 10.3. The van der Waals surface area contributed by atoms with Crippen LogP contribution in [-0.2, 0) is 66.7 Å². The lowest BCUT2D eigenvalue weighted by Gasteiger charge is -2.64. The van der Waals surface area contributed by atoms with Gasteiger partial charge in [-0.3, -0.25) is 9.35 Å². The first-order valence-corrected chi connectivity index (χ1v) is 29.6. The molecule has 8 fully saturated rings. The van der Waals surface area contributed by atoms with Gasteiger partial charge in [0.25, 0.3) is 0 Å². The van der Waals surface area contributed by atoms with Crippen molar-refractivity contribution < 1.29 is 131 Å². The summed E-state index contributed by atoms with van der Waals surface area (Å²) in [4.78, 5) is 14.5. The molecule has 27 nitrogen and oxygen atoms in total. The molecule has 82 heavy (non-hydrogen) atoms. The number of methoxy groups -OCH3 is 1. The molecule has 5 aliphatic heterocycles. The number of aliphatic hydroxyl groups excluding tert-OH is 11. The molecular formula is C54H86O27S. The molecule has 13 N–H and O–H groups in total. The van der Waals surface area contributed by atoms with E-state index in [4.69, 9.17) is 51.6 Å². The Kier molecular flexibility index (Phi) is 18.2. The number of fused-ring (bicyclic) bond motifs is 4. The lowest BCUT2D eigenvalue weighted by Crippen LogP contribution is -2.68. The van der Waals surface area contributed by atoms with E-state index in [1.807, 2.05) is 20.8 Å². The summed E-state index contributed by atoms with van der Waals surface area (Å²) < 4.78 is 97.7. The molecule has 470 valence electrons. The predicted octanol–water partition coefficient (Wildman–Crippen LogP) is -2.50. The highest BCUT2D eigenvalue weighted by Gasteiger charge is 2.85. The van der Waals surface area contributed by atoms with Gasteiger partial charge in [-0.2, -0.15) is 8.42 Å². The topological polar surface area (TPSA) is 416 Å². The first-order valence-electron chi connectivity index (χ1n) is 28.3. The van der Waals surface area contributed by atoms with Crippen molar-refractivity contribution in [1.29, 1.82) is 0 Å². The first kappa shape index (κ1) is 64.5. The van der Waals surface area contributed by atoms with E-state index in [1.165, 1.54) is 14.0 Å². The second-order valence-corrected chi connectivity index (χ2v) is 26.7. The number of carbonyl (C=O) groups is 1. The van der Waals surface area contributed by atoms with Gasteiger partial charge in [0.05, 0.1) is 44.2 Å². The fourth-order valence-corrected chi connectivity index (χ4v) is 16.7. The summed E-state index contributed by atoms with van der Waals surface area (Å²) in [5.41, 5.74) is -5.61. The molecule has 28 heteroatoms. The molecule has 5 heterocycles. The Hall–Kier alpha value is -2.02. The summed E-state index contributed by atoms with van der Waals surface area (Å²) in [7, 11) is -4.03. The summed E-state index contributed by atoms with van der Waals surface area (Å²) in [6.45, 7) is 14.5. The Labute approximate surface area is 475 Å². The van der Waals surface area contributed by atoms with Crippen LogP contribution in [0.3, 0.4) is 0 Å². The van der Waals surface area contributed by atoms with E-state index in [0.717, 1.165) is 5.57 Å². The molecular weight excluding hydrogens is 1110 g/mol. The Morgan fingerprint density at radius 2 is 1.33 bits per heavy atom. The number of cyclic esters (lactones) is 1. The zero-order valence-corrected chi connectivity index (χ0v) is 48.2. The van der Waals surface area contributed by atoms with Crippen LogP contribution in [0.1, 0.15) is 99.8 Å². The third-order valence-corrected chi connectivity index (χ3v) is 21.3. The normalized spacial score (nSPS) is 51.5. The molecule has 29 atom stereocenters. The highest BCUT2D eigenvalue weighted by atomic mass is 32.3. The number of hydrogen-bond acceptors (Lipinski definition) is 26. The first-order chi connectivity index (χ1) is 38.2. The van der Waals surface area contributed by atoms with Crippen LogP contribution in [0.4, 0.5) is 0 Å². The Balaban J connectivity index is 0.913. The van der Waals surface area contributed by atoms with Crippen LogP contribution in [-0.4, -0.2) is 253 Å². The second kappa shape index (κ2) is 23.2. The number of allylic oxidation sites excluding steroid dienone is 1. The number of hydrogen-bond donors (Lipinski definition) is 13. The van der Waals surface area contributed by atoms with E-state index in [9.17, 15) is 79.0 Å². The second-order valence-electron chi connectivity index (χ2n) is 25.6. The van der Waals surface area contributed by atoms with Crippen molar-refractivity contribution in [3.63, 3.8) is 0 Å². The molecule has 9 aliphatic rings. The van der Waals surface area contributed by atoms with E-state index >= 15 is 0 Å². The largest absolute Gasteiger partial charge is 0.456 e. The number of rotatable bonds is 17. The summed E-state index contributed by atoms with van der Waals surface area (Å²) in [6.07, 6.45) is -30.7. The van der Waals surface area contributed by atoms with Gasteiger partial charge in [-0.1, -0.05) is 51.5 Å². The third-order valence-electron chi connectivity index (χ3n) is 20.8. The average Bonchev–Trinajstić information content (AvgIpc) is 1.46. The SMILES string of the molecule is C=C(C)C(O)CCC1(C)OC(=O)C23C(O)C=C4C(CCC5C4(C)CCC(OC4OCC(OS(=O)(=O)O)C(O)C4OC4OC(C)C(OC6OC(CO)C(O)C(OC7OC(CO)C(O)C(OC)C7O)C6O)C(O)C4O)C5(C)C)C2(C)CCC13O. The Morgan fingerprint density at radius 3 is 1.93 bits per heavy atom. The maximum Gasteiger partial charge on any atom is 0.397 e. The van der Waals surface area contributed by atoms with Crippen molar-refractivity contribution in [3.05, 3.63) is 23.8 Å². The minimum atomic E-state index is -5.20. The van der Waals surface area contributed by atoms with Crippen molar-refractivity contribution in [2.75, 3.05) is 26.9 Å².